The van der Waals surface area contributed by atoms with Gasteiger partial charge in [-0.25, -0.2) is 4.79 Å². The van der Waals surface area contributed by atoms with Gasteiger partial charge in [-0.1, -0.05) is 12.1 Å². The highest BCUT2D eigenvalue weighted by molar-refractivity contribution is 7.80. The number of carbonyl (C=O) groups excluding carboxylic acids is 3. The third-order valence-electron chi connectivity index (χ3n) is 4.04. The monoisotopic (exact) mass is 442 g/mol. The predicted octanol–water partition coefficient (Wildman–Crippen LogP) is -2.26. The van der Waals surface area contributed by atoms with Crippen molar-refractivity contribution in [2.45, 2.75) is 37.5 Å². The number of aliphatic hydroxyl groups is 1. The van der Waals surface area contributed by atoms with E-state index in [1.165, 1.54) is 31.2 Å². The molecule has 0 spiro atoms. The summed E-state index contributed by atoms with van der Waals surface area (Å²) < 4.78 is 0. The molecule has 4 unspecified atom stereocenters. The Kier molecular flexibility index (Phi) is 10.1. The Morgan fingerprint density at radius 2 is 1.47 bits per heavy atom. The second-order valence-electron chi connectivity index (χ2n) is 6.55. The molecule has 3 amide bonds. The minimum absolute atomic E-state index is 0.00702. The number of phenols is 1. The topological polar surface area (TPSA) is 191 Å². The Morgan fingerprint density at radius 1 is 0.967 bits per heavy atom. The first-order chi connectivity index (χ1) is 14.1. The lowest BCUT2D eigenvalue weighted by atomic mass is 10.1. The van der Waals surface area contributed by atoms with E-state index in [2.05, 4.69) is 28.6 Å². The molecule has 0 aliphatic carbocycles. The van der Waals surface area contributed by atoms with E-state index in [0.717, 1.165) is 0 Å². The van der Waals surface area contributed by atoms with Gasteiger partial charge in [-0.15, -0.1) is 0 Å². The molecular weight excluding hydrogens is 416 g/mol. The molecule has 12 heteroatoms. The molecule has 0 aliphatic rings. The van der Waals surface area contributed by atoms with E-state index >= 15 is 0 Å². The minimum atomic E-state index is -1.45. The number of aliphatic hydroxyl groups excluding tert-OH is 1. The van der Waals surface area contributed by atoms with Gasteiger partial charge in [0.2, 0.25) is 17.7 Å². The summed E-state index contributed by atoms with van der Waals surface area (Å²) in [5.41, 5.74) is 5.97. The van der Waals surface area contributed by atoms with E-state index in [-0.39, 0.29) is 17.9 Å². The number of benzene rings is 1. The van der Waals surface area contributed by atoms with Crippen LogP contribution in [0.1, 0.15) is 12.5 Å². The summed E-state index contributed by atoms with van der Waals surface area (Å²) in [6.45, 7) is 0.622. The SMILES string of the molecule is CC(N)C(=O)NC(CS)C(=O)NC(CO)C(=O)NC(Cc1ccc(O)cc1)C(=O)O. The van der Waals surface area contributed by atoms with Crippen LogP contribution in [0, 0.1) is 0 Å². The molecule has 166 valence electrons. The average Bonchev–Trinajstić information content (AvgIpc) is 2.70. The lowest BCUT2D eigenvalue weighted by molar-refractivity contribution is -0.142. The van der Waals surface area contributed by atoms with Crippen molar-refractivity contribution < 1.29 is 34.5 Å². The molecule has 30 heavy (non-hydrogen) atoms. The van der Waals surface area contributed by atoms with Crippen molar-refractivity contribution in [1.29, 1.82) is 0 Å². The lowest BCUT2D eigenvalue weighted by Gasteiger charge is -2.23. The van der Waals surface area contributed by atoms with Crippen molar-refractivity contribution in [1.82, 2.24) is 16.0 Å². The van der Waals surface area contributed by atoms with Gasteiger partial charge in [-0.2, -0.15) is 12.6 Å². The average molecular weight is 442 g/mol. The van der Waals surface area contributed by atoms with Crippen molar-refractivity contribution in [3.63, 3.8) is 0 Å². The molecule has 4 atom stereocenters. The van der Waals surface area contributed by atoms with Crippen molar-refractivity contribution in [3.05, 3.63) is 29.8 Å². The van der Waals surface area contributed by atoms with Crippen LogP contribution in [0.15, 0.2) is 24.3 Å². The van der Waals surface area contributed by atoms with Crippen LogP contribution in [0.25, 0.3) is 0 Å². The highest BCUT2D eigenvalue weighted by Gasteiger charge is 2.29. The van der Waals surface area contributed by atoms with Gasteiger partial charge in [0.1, 0.15) is 23.9 Å². The van der Waals surface area contributed by atoms with E-state index < -0.39 is 54.5 Å². The number of amides is 3. The van der Waals surface area contributed by atoms with Gasteiger partial charge in [-0.3, -0.25) is 14.4 Å². The summed E-state index contributed by atoms with van der Waals surface area (Å²) in [6, 6.07) is 0.985. The maximum absolute atomic E-state index is 12.4. The largest absolute Gasteiger partial charge is 0.508 e. The van der Waals surface area contributed by atoms with Crippen molar-refractivity contribution in [2.24, 2.45) is 5.73 Å². The van der Waals surface area contributed by atoms with Gasteiger partial charge in [0.25, 0.3) is 0 Å². The molecule has 11 nitrogen and oxygen atoms in total. The van der Waals surface area contributed by atoms with Crippen LogP contribution in [-0.2, 0) is 25.6 Å². The first-order valence-electron chi connectivity index (χ1n) is 8.98. The molecule has 1 rings (SSSR count). The summed E-state index contributed by atoms with van der Waals surface area (Å²) >= 11 is 3.97. The second kappa shape index (κ2) is 12.0. The number of thiol groups is 1. The number of phenolic OH excluding ortho intramolecular Hbond substituents is 1. The number of hydrogen-bond donors (Lipinski definition) is 8. The van der Waals surface area contributed by atoms with Crippen LogP contribution in [-0.4, -0.2) is 75.5 Å². The zero-order valence-electron chi connectivity index (χ0n) is 16.2. The fourth-order valence-electron chi connectivity index (χ4n) is 2.30. The fourth-order valence-corrected chi connectivity index (χ4v) is 2.56. The standard InChI is InChI=1S/C18H26N4O7S/c1-9(19)15(25)22-14(8-30)17(27)21-13(7-23)16(26)20-12(18(28)29)6-10-2-4-11(24)5-3-10/h2-5,9,12-14,23-24,30H,6-8,19H2,1H3,(H,20,26)(H,21,27)(H,22,25)(H,28,29). The highest BCUT2D eigenvalue weighted by atomic mass is 32.1. The third kappa shape index (κ3) is 7.89. The molecule has 0 saturated carbocycles. The number of nitrogens with two attached hydrogens (primary N) is 1. The molecule has 0 bridgehead atoms. The Labute approximate surface area is 178 Å². The lowest BCUT2D eigenvalue weighted by Crippen LogP contribution is -2.58. The van der Waals surface area contributed by atoms with Gasteiger partial charge in [0.15, 0.2) is 0 Å². The van der Waals surface area contributed by atoms with E-state index in [1.54, 1.807) is 0 Å². The number of carboxylic acid groups (broad SMARTS) is 1. The first kappa shape index (κ1) is 25.2. The van der Waals surface area contributed by atoms with Crippen LogP contribution in [0.4, 0.5) is 0 Å². The van der Waals surface area contributed by atoms with E-state index in [9.17, 15) is 34.5 Å². The number of aromatic hydroxyl groups is 1. The van der Waals surface area contributed by atoms with Crippen molar-refractivity contribution in [2.75, 3.05) is 12.4 Å². The normalized spacial score (nSPS) is 14.7. The number of aliphatic carboxylic acids is 1. The van der Waals surface area contributed by atoms with Crippen LogP contribution >= 0.6 is 12.6 Å². The summed E-state index contributed by atoms with van der Waals surface area (Å²) in [6.07, 6.45) is -0.0862. The quantitative estimate of drug-likeness (QED) is 0.176. The summed E-state index contributed by atoms with van der Waals surface area (Å²) in [7, 11) is 0. The highest BCUT2D eigenvalue weighted by Crippen LogP contribution is 2.11. The third-order valence-corrected chi connectivity index (χ3v) is 4.40. The molecule has 0 aromatic heterocycles. The van der Waals surface area contributed by atoms with E-state index in [1.807, 2.05) is 0 Å². The van der Waals surface area contributed by atoms with Crippen LogP contribution in [0.3, 0.4) is 0 Å². The van der Waals surface area contributed by atoms with Gasteiger partial charge < -0.3 is 37.0 Å². The molecule has 0 radical (unpaired) electrons. The summed E-state index contributed by atoms with van der Waals surface area (Å²) in [5.74, 6) is -3.73. The molecule has 0 saturated heterocycles. The van der Waals surface area contributed by atoms with Gasteiger partial charge in [0.05, 0.1) is 12.6 Å². The van der Waals surface area contributed by atoms with Crippen LogP contribution in [0.5, 0.6) is 5.75 Å². The van der Waals surface area contributed by atoms with Gasteiger partial charge in [0, 0.05) is 12.2 Å². The molecular formula is C18H26N4O7S. The number of carbonyl (C=O) groups is 4. The molecule has 0 fully saturated rings. The molecule has 0 aliphatic heterocycles. The Hall–Kier alpha value is -2.83. The molecule has 1 aromatic carbocycles. The van der Waals surface area contributed by atoms with Gasteiger partial charge in [-0.05, 0) is 24.6 Å². The van der Waals surface area contributed by atoms with Crippen molar-refractivity contribution in [3.8, 4) is 5.75 Å². The van der Waals surface area contributed by atoms with Crippen LogP contribution in [0.2, 0.25) is 0 Å². The second-order valence-corrected chi connectivity index (χ2v) is 6.91. The number of rotatable bonds is 11. The minimum Gasteiger partial charge on any atom is -0.508 e. The fraction of sp³-hybridized carbons (Fsp3) is 0.444. The summed E-state index contributed by atoms with van der Waals surface area (Å²) in [5, 5.41) is 35.0. The zero-order chi connectivity index (χ0) is 22.8. The predicted molar refractivity (Wildman–Crippen MR) is 110 cm³/mol. The molecule has 8 N–H and O–H groups in total. The smallest absolute Gasteiger partial charge is 0.326 e. The van der Waals surface area contributed by atoms with E-state index in [4.69, 9.17) is 5.73 Å². The summed E-state index contributed by atoms with van der Waals surface area (Å²) in [4.78, 5) is 47.9. The molecule has 0 heterocycles. The molecule has 1 aromatic rings. The maximum atomic E-state index is 12.4. The van der Waals surface area contributed by atoms with Crippen molar-refractivity contribution >= 4 is 36.3 Å². The Morgan fingerprint density at radius 3 is 1.93 bits per heavy atom. The maximum Gasteiger partial charge on any atom is 0.326 e. The zero-order valence-corrected chi connectivity index (χ0v) is 17.1. The Bertz CT molecular complexity index is 757. The number of hydrogen-bond acceptors (Lipinski definition) is 8. The number of carboxylic acids is 1. The van der Waals surface area contributed by atoms with Crippen LogP contribution < -0.4 is 21.7 Å². The number of nitrogens with one attached hydrogen (secondary N) is 3. The van der Waals surface area contributed by atoms with Gasteiger partial charge >= 0.3 is 5.97 Å². The van der Waals surface area contributed by atoms with E-state index in [0.29, 0.717) is 5.56 Å². The Balaban J connectivity index is 2.78. The first-order valence-corrected chi connectivity index (χ1v) is 9.61.